The normalized spacial score (nSPS) is 21.3. The summed E-state index contributed by atoms with van der Waals surface area (Å²) >= 11 is 3.18. The predicted molar refractivity (Wildman–Crippen MR) is 204 cm³/mol. The molecular formula is C41H40N4O7S2. The summed E-state index contributed by atoms with van der Waals surface area (Å²) in [5.74, 6) is -0.142. The lowest BCUT2D eigenvalue weighted by atomic mass is 9.91. The summed E-state index contributed by atoms with van der Waals surface area (Å²) in [5.41, 5.74) is 6.05. The molecule has 0 aliphatic carbocycles. The Hall–Kier alpha value is -4.92. The monoisotopic (exact) mass is 764 g/mol. The number of alkyl carbamates (subject to hydrolysis) is 1. The maximum absolute atomic E-state index is 13.3. The van der Waals surface area contributed by atoms with Crippen molar-refractivity contribution < 1.29 is 33.7 Å². The maximum atomic E-state index is 13.3. The van der Waals surface area contributed by atoms with Crippen LogP contribution in [-0.4, -0.2) is 56.0 Å². The van der Waals surface area contributed by atoms with Crippen LogP contribution in [0.25, 0.3) is 11.1 Å². The number of aliphatic hydroxyl groups is 1. The zero-order valence-corrected chi connectivity index (χ0v) is 31.4. The highest BCUT2D eigenvalue weighted by Gasteiger charge is 2.41. The van der Waals surface area contributed by atoms with Crippen molar-refractivity contribution in [1.82, 2.24) is 20.4 Å². The number of nitrogens with zero attached hydrogens (tertiary/aromatic N) is 3. The fraction of sp³-hybridized carbons (Fsp3) is 0.293. The number of nitrogens with one attached hydrogen (secondary N) is 1. The van der Waals surface area contributed by atoms with Crippen LogP contribution in [-0.2, 0) is 43.6 Å². The van der Waals surface area contributed by atoms with Gasteiger partial charge in [0.2, 0.25) is 5.91 Å². The first-order valence-corrected chi connectivity index (χ1v) is 19.5. The summed E-state index contributed by atoms with van der Waals surface area (Å²) < 4.78 is 19.4. The van der Waals surface area contributed by atoms with Gasteiger partial charge in [-0.1, -0.05) is 133 Å². The average Bonchev–Trinajstić information content (AvgIpc) is 3.74. The number of hydrogen-bond acceptors (Lipinski definition) is 11. The molecule has 1 unspecified atom stereocenters. The Morgan fingerprint density at radius 3 is 2.37 bits per heavy atom. The van der Waals surface area contributed by atoms with Gasteiger partial charge in [0.25, 0.3) is 5.91 Å². The van der Waals surface area contributed by atoms with E-state index in [1.54, 1.807) is 23.1 Å². The largest absolute Gasteiger partial charge is 0.445 e. The van der Waals surface area contributed by atoms with E-state index in [-0.39, 0.29) is 50.2 Å². The number of aryl methyl sites for hydroxylation is 1. The van der Waals surface area contributed by atoms with Crippen molar-refractivity contribution in [2.75, 3.05) is 5.75 Å². The first-order chi connectivity index (χ1) is 26.2. The van der Waals surface area contributed by atoms with Crippen LogP contribution in [0.2, 0.25) is 0 Å². The molecule has 3 amide bonds. The fourth-order valence-corrected chi connectivity index (χ4v) is 8.60. The highest BCUT2D eigenvalue weighted by atomic mass is 32.2. The molecule has 5 atom stereocenters. The number of aliphatic hydroxyl groups excluding tert-OH is 1. The van der Waals surface area contributed by atoms with Crippen LogP contribution in [0.15, 0.2) is 107 Å². The van der Waals surface area contributed by atoms with E-state index in [0.717, 1.165) is 48.3 Å². The van der Waals surface area contributed by atoms with Crippen molar-refractivity contribution >= 4 is 41.0 Å². The second kappa shape index (κ2) is 17.0. The summed E-state index contributed by atoms with van der Waals surface area (Å²) in [6, 6.07) is 31.6. The molecule has 13 heteroatoms. The van der Waals surface area contributed by atoms with Crippen LogP contribution in [0, 0.1) is 12.8 Å². The Labute approximate surface area is 321 Å². The smallest absolute Gasteiger partial charge is 0.408 e. The molecule has 2 N–H and O–H groups in total. The van der Waals surface area contributed by atoms with Crippen LogP contribution in [0.1, 0.15) is 58.6 Å². The van der Waals surface area contributed by atoms with Crippen LogP contribution < -0.4 is 5.32 Å². The number of carbonyl (C=O) groups excluding carboxylic acids is 3. The van der Waals surface area contributed by atoms with E-state index in [9.17, 15) is 19.5 Å². The van der Waals surface area contributed by atoms with Gasteiger partial charge in [0, 0.05) is 17.2 Å². The van der Waals surface area contributed by atoms with Gasteiger partial charge in [-0.2, -0.15) is 0 Å². The van der Waals surface area contributed by atoms with Gasteiger partial charge in [0.15, 0.2) is 10.6 Å². The Morgan fingerprint density at radius 2 is 1.65 bits per heavy atom. The third kappa shape index (κ3) is 8.72. The van der Waals surface area contributed by atoms with Crippen molar-refractivity contribution in [3.05, 3.63) is 136 Å². The van der Waals surface area contributed by atoms with E-state index in [2.05, 4.69) is 22.4 Å². The molecular weight excluding hydrogens is 725 g/mol. The molecule has 5 aromatic rings. The molecule has 54 heavy (non-hydrogen) atoms. The van der Waals surface area contributed by atoms with Crippen molar-refractivity contribution in [3.63, 3.8) is 0 Å². The van der Waals surface area contributed by atoms with E-state index >= 15 is 0 Å². The molecule has 0 spiro atoms. The quantitative estimate of drug-likeness (QED) is 0.0995. The lowest BCUT2D eigenvalue weighted by Crippen LogP contribution is -2.41. The molecule has 2 saturated heterocycles. The number of benzene rings is 4. The predicted octanol–water partition coefficient (Wildman–Crippen LogP) is 7.14. The van der Waals surface area contributed by atoms with Gasteiger partial charge in [0.1, 0.15) is 17.7 Å². The number of hydrogen-bond donors (Lipinski definition) is 2. The summed E-state index contributed by atoms with van der Waals surface area (Å²) in [7, 11) is 0. The fourth-order valence-electron chi connectivity index (χ4n) is 6.60. The van der Waals surface area contributed by atoms with Crippen LogP contribution >= 0.6 is 23.1 Å². The SMILES string of the molecule is Cc1nnc(SC[C@@H]2O[C@H](c3ccc(-c4ccccc4CN4C(=O)CC(NC(=O)OCc5ccccc5)C4=O)cc3)O[C@H](c3ccc(CO)cc3)[C@@H]2C)s1. The number of imide groups is 1. The van der Waals surface area contributed by atoms with E-state index < -0.39 is 24.3 Å². The molecule has 11 nitrogen and oxygen atoms in total. The van der Waals surface area contributed by atoms with E-state index in [4.69, 9.17) is 14.2 Å². The minimum Gasteiger partial charge on any atom is -0.445 e. The molecule has 7 rings (SSSR count). The van der Waals surface area contributed by atoms with Gasteiger partial charge in [-0.15, -0.1) is 10.2 Å². The first kappa shape index (κ1) is 37.4. The maximum Gasteiger partial charge on any atom is 0.408 e. The topological polar surface area (TPSA) is 140 Å². The lowest BCUT2D eigenvalue weighted by Gasteiger charge is -2.41. The van der Waals surface area contributed by atoms with Crippen LogP contribution in [0.4, 0.5) is 4.79 Å². The van der Waals surface area contributed by atoms with Crippen LogP contribution in [0.5, 0.6) is 0 Å². The summed E-state index contributed by atoms with van der Waals surface area (Å²) in [6.07, 6.45) is -1.93. The van der Waals surface area contributed by atoms with Crippen molar-refractivity contribution in [1.29, 1.82) is 0 Å². The molecule has 2 aliphatic rings. The molecule has 278 valence electrons. The van der Waals surface area contributed by atoms with Gasteiger partial charge in [-0.3, -0.25) is 14.5 Å². The summed E-state index contributed by atoms with van der Waals surface area (Å²) in [5, 5.41) is 21.5. The minimum atomic E-state index is -0.994. The van der Waals surface area contributed by atoms with Crippen molar-refractivity contribution in [2.24, 2.45) is 5.92 Å². The Kier molecular flexibility index (Phi) is 11.8. The minimum absolute atomic E-state index is 0.0274. The molecule has 2 aliphatic heterocycles. The highest BCUT2D eigenvalue weighted by molar-refractivity contribution is 8.01. The number of rotatable bonds is 12. The molecule has 0 bridgehead atoms. The van der Waals surface area contributed by atoms with Gasteiger partial charge < -0.3 is 24.6 Å². The number of amides is 3. The van der Waals surface area contributed by atoms with Crippen LogP contribution in [0.3, 0.4) is 0 Å². The number of carbonyl (C=O) groups is 3. The lowest BCUT2D eigenvalue weighted by molar-refractivity contribution is -0.268. The highest BCUT2D eigenvalue weighted by Crippen LogP contribution is 2.43. The van der Waals surface area contributed by atoms with Crippen molar-refractivity contribution in [2.45, 2.75) is 68.9 Å². The van der Waals surface area contributed by atoms with Gasteiger partial charge in [-0.25, -0.2) is 4.79 Å². The van der Waals surface area contributed by atoms with Crippen molar-refractivity contribution in [3.8, 4) is 11.1 Å². The first-order valence-electron chi connectivity index (χ1n) is 17.7. The zero-order chi connectivity index (χ0) is 37.6. The van der Waals surface area contributed by atoms with Gasteiger partial charge in [0.05, 0.1) is 31.8 Å². The van der Waals surface area contributed by atoms with E-state index in [1.807, 2.05) is 110 Å². The molecule has 0 saturated carbocycles. The van der Waals surface area contributed by atoms with Gasteiger partial charge >= 0.3 is 6.09 Å². The van der Waals surface area contributed by atoms with Gasteiger partial charge in [-0.05, 0) is 40.3 Å². The summed E-state index contributed by atoms with van der Waals surface area (Å²) in [6.45, 7) is 4.15. The third-order valence-electron chi connectivity index (χ3n) is 9.59. The zero-order valence-electron chi connectivity index (χ0n) is 29.8. The molecule has 1 aromatic heterocycles. The molecule has 3 heterocycles. The average molecular weight is 765 g/mol. The Bertz CT molecular complexity index is 2080. The Morgan fingerprint density at radius 1 is 0.926 bits per heavy atom. The molecule has 0 radical (unpaired) electrons. The summed E-state index contributed by atoms with van der Waals surface area (Å²) in [4.78, 5) is 40.0. The van der Waals surface area contributed by atoms with E-state index in [0.29, 0.717) is 5.75 Å². The van der Waals surface area contributed by atoms with E-state index in [1.165, 1.54) is 4.90 Å². The number of aromatic nitrogens is 2. The third-order valence-corrected chi connectivity index (χ3v) is 11.7. The number of ether oxygens (including phenoxy) is 3. The molecule has 2 fully saturated rings. The molecule has 4 aromatic carbocycles. The standard InChI is InChI=1S/C41H40N4O7S2/c1-25-35(24-53-41-44-43-26(2)54-41)51-39(52-37(25)30-14-12-27(22-46)13-15-30)31-18-16-29(17-19-31)33-11-7-6-10-32(33)21-45-36(47)20-34(38(45)48)42-40(49)50-23-28-8-4-3-5-9-28/h3-19,25,34-35,37,39,46H,20-24H2,1-2H3,(H,42,49)/t25-,34?,35+,37+,39+/m1/s1. The second-order valence-corrected chi connectivity index (χ2v) is 15.7. The number of likely N-dealkylation sites (tertiary alicyclic amines) is 1. The Balaban J connectivity index is 1.04. The number of thioether (sulfide) groups is 1. The second-order valence-electron chi connectivity index (χ2n) is 13.3.